The van der Waals surface area contributed by atoms with Crippen molar-refractivity contribution in [2.45, 2.75) is 56.6 Å². The largest absolute Gasteiger partial charge is 0.394 e. The van der Waals surface area contributed by atoms with Gasteiger partial charge in [-0.25, -0.2) is 9.67 Å². The van der Waals surface area contributed by atoms with Crippen LogP contribution in [-0.4, -0.2) is 65.2 Å². The molecule has 114 valence electrons. The standard InChI is InChI=1S/C12H21N3O5/c16-6-7(17)9(18)10(19)11(20)12-13-8-4-2-1-3-5-15(8)14-12/h7,9-11,16-20H,1-6H2/t7-,9-,10+,11+/m1/s1. The van der Waals surface area contributed by atoms with Crippen LogP contribution in [0.4, 0.5) is 0 Å². The van der Waals surface area contributed by atoms with Crippen molar-refractivity contribution in [1.82, 2.24) is 14.8 Å². The molecule has 0 spiro atoms. The van der Waals surface area contributed by atoms with Crippen LogP contribution in [0.3, 0.4) is 0 Å². The van der Waals surface area contributed by atoms with E-state index in [1.165, 1.54) is 0 Å². The van der Waals surface area contributed by atoms with Gasteiger partial charge in [-0.2, -0.15) is 5.10 Å². The topological polar surface area (TPSA) is 132 Å². The maximum absolute atomic E-state index is 9.98. The third-order valence-corrected chi connectivity index (χ3v) is 3.55. The van der Waals surface area contributed by atoms with E-state index >= 15 is 0 Å². The molecule has 0 unspecified atom stereocenters. The van der Waals surface area contributed by atoms with Crippen molar-refractivity contribution in [2.75, 3.05) is 6.61 Å². The van der Waals surface area contributed by atoms with Gasteiger partial charge in [0.1, 0.15) is 30.2 Å². The molecule has 2 rings (SSSR count). The Bertz CT molecular complexity index is 415. The van der Waals surface area contributed by atoms with Gasteiger partial charge in [-0.3, -0.25) is 0 Å². The molecule has 4 atom stereocenters. The van der Waals surface area contributed by atoms with Crippen molar-refractivity contribution in [3.05, 3.63) is 11.6 Å². The summed E-state index contributed by atoms with van der Waals surface area (Å²) in [5, 5.41) is 51.5. The molecule has 0 bridgehead atoms. The van der Waals surface area contributed by atoms with E-state index in [9.17, 15) is 20.4 Å². The maximum Gasteiger partial charge on any atom is 0.182 e. The van der Waals surface area contributed by atoms with Gasteiger partial charge in [0, 0.05) is 13.0 Å². The number of nitrogens with zero attached hydrogens (tertiary/aromatic N) is 3. The van der Waals surface area contributed by atoms with E-state index in [-0.39, 0.29) is 5.82 Å². The van der Waals surface area contributed by atoms with E-state index in [1.807, 2.05) is 0 Å². The highest BCUT2D eigenvalue weighted by atomic mass is 16.4. The Morgan fingerprint density at radius 2 is 1.80 bits per heavy atom. The molecule has 5 N–H and O–H groups in total. The van der Waals surface area contributed by atoms with Crippen molar-refractivity contribution in [2.24, 2.45) is 0 Å². The quantitative estimate of drug-likeness (QED) is 0.428. The summed E-state index contributed by atoms with van der Waals surface area (Å²) in [5.41, 5.74) is 0. The lowest BCUT2D eigenvalue weighted by molar-refractivity contribution is -0.118. The Labute approximate surface area is 116 Å². The fourth-order valence-corrected chi connectivity index (χ4v) is 2.28. The monoisotopic (exact) mass is 287 g/mol. The molecule has 0 aromatic carbocycles. The van der Waals surface area contributed by atoms with E-state index in [0.29, 0.717) is 6.54 Å². The summed E-state index contributed by atoms with van der Waals surface area (Å²) in [5.74, 6) is 0.777. The maximum atomic E-state index is 9.98. The van der Waals surface area contributed by atoms with Gasteiger partial charge in [0.2, 0.25) is 0 Å². The Morgan fingerprint density at radius 3 is 2.50 bits per heavy atom. The van der Waals surface area contributed by atoms with Crippen molar-refractivity contribution in [3.8, 4) is 0 Å². The molecule has 0 aliphatic carbocycles. The lowest BCUT2D eigenvalue weighted by Crippen LogP contribution is -2.43. The van der Waals surface area contributed by atoms with Crippen LogP contribution in [0.1, 0.15) is 37.0 Å². The van der Waals surface area contributed by atoms with Gasteiger partial charge < -0.3 is 25.5 Å². The number of hydrogen-bond donors (Lipinski definition) is 5. The van der Waals surface area contributed by atoms with Gasteiger partial charge in [-0.15, -0.1) is 0 Å². The Hall–Kier alpha value is -1.06. The molecular weight excluding hydrogens is 266 g/mol. The summed E-state index contributed by atoms with van der Waals surface area (Å²) < 4.78 is 1.70. The van der Waals surface area contributed by atoms with Crippen LogP contribution in [0, 0.1) is 0 Å². The zero-order valence-corrected chi connectivity index (χ0v) is 11.1. The molecule has 1 aromatic heterocycles. The van der Waals surface area contributed by atoms with Crippen LogP contribution in [0.25, 0.3) is 0 Å². The average molecular weight is 287 g/mol. The van der Waals surface area contributed by atoms with Crippen LogP contribution in [0.2, 0.25) is 0 Å². The average Bonchev–Trinajstić information content (AvgIpc) is 2.75. The van der Waals surface area contributed by atoms with E-state index in [1.54, 1.807) is 4.68 Å². The summed E-state index contributed by atoms with van der Waals surface area (Å²) in [7, 11) is 0. The molecule has 0 saturated carbocycles. The molecule has 0 radical (unpaired) electrons. The molecule has 8 nitrogen and oxygen atoms in total. The van der Waals surface area contributed by atoms with Crippen molar-refractivity contribution in [3.63, 3.8) is 0 Å². The molecule has 0 fully saturated rings. The van der Waals surface area contributed by atoms with E-state index in [2.05, 4.69) is 10.1 Å². The second-order valence-corrected chi connectivity index (χ2v) is 5.10. The SMILES string of the molecule is OC[C@@H](O)[C@@H](O)[C@H](O)[C@H](O)c1nc2n(n1)CCCCC2. The Balaban J connectivity index is 2.10. The minimum Gasteiger partial charge on any atom is -0.394 e. The van der Waals surface area contributed by atoms with E-state index in [4.69, 9.17) is 5.11 Å². The van der Waals surface area contributed by atoms with Gasteiger partial charge in [-0.1, -0.05) is 6.42 Å². The van der Waals surface area contributed by atoms with Crippen LogP contribution in [-0.2, 0) is 13.0 Å². The van der Waals surface area contributed by atoms with Gasteiger partial charge in [0.15, 0.2) is 5.82 Å². The fraction of sp³-hybridized carbons (Fsp3) is 0.833. The minimum absolute atomic E-state index is 0.0265. The summed E-state index contributed by atoms with van der Waals surface area (Å²) >= 11 is 0. The van der Waals surface area contributed by atoms with E-state index < -0.39 is 31.0 Å². The van der Waals surface area contributed by atoms with Crippen molar-refractivity contribution in [1.29, 1.82) is 0 Å². The van der Waals surface area contributed by atoms with Gasteiger partial charge in [0.05, 0.1) is 6.61 Å². The normalized spacial score (nSPS) is 21.6. The first-order chi connectivity index (χ1) is 9.54. The summed E-state index contributed by atoms with van der Waals surface area (Å²) in [6.45, 7) is 0.00499. The first-order valence-corrected chi connectivity index (χ1v) is 6.81. The number of hydrogen-bond acceptors (Lipinski definition) is 7. The third kappa shape index (κ3) is 3.15. The number of aromatic nitrogens is 3. The lowest BCUT2D eigenvalue weighted by Gasteiger charge is -2.24. The predicted molar refractivity (Wildman–Crippen MR) is 67.6 cm³/mol. The first kappa shape index (κ1) is 15.3. The minimum atomic E-state index is -1.67. The van der Waals surface area contributed by atoms with Gasteiger partial charge >= 0.3 is 0 Å². The lowest BCUT2D eigenvalue weighted by atomic mass is 10.0. The third-order valence-electron chi connectivity index (χ3n) is 3.55. The van der Waals surface area contributed by atoms with Crippen LogP contribution in [0.15, 0.2) is 0 Å². The second kappa shape index (κ2) is 6.59. The summed E-state index contributed by atoms with van der Waals surface area (Å²) in [4.78, 5) is 4.19. The van der Waals surface area contributed by atoms with Crippen LogP contribution < -0.4 is 0 Å². The Kier molecular flexibility index (Phi) is 5.06. The molecule has 1 aromatic rings. The fourth-order valence-electron chi connectivity index (χ4n) is 2.28. The predicted octanol–water partition coefficient (Wildman–Crippen LogP) is -1.89. The van der Waals surface area contributed by atoms with Crippen molar-refractivity contribution >= 4 is 0 Å². The molecule has 8 heteroatoms. The highest BCUT2D eigenvalue weighted by Crippen LogP contribution is 2.20. The van der Waals surface area contributed by atoms with Gasteiger partial charge in [0.25, 0.3) is 0 Å². The zero-order chi connectivity index (χ0) is 14.7. The number of aliphatic hydroxyl groups is 5. The molecule has 0 amide bonds. The molecule has 20 heavy (non-hydrogen) atoms. The van der Waals surface area contributed by atoms with Gasteiger partial charge in [-0.05, 0) is 12.8 Å². The van der Waals surface area contributed by atoms with Crippen LogP contribution in [0.5, 0.6) is 0 Å². The highest BCUT2D eigenvalue weighted by Gasteiger charge is 2.33. The molecular formula is C12H21N3O5. The molecule has 1 aliphatic heterocycles. The molecule has 0 saturated heterocycles. The molecule has 1 aliphatic rings. The van der Waals surface area contributed by atoms with Crippen LogP contribution >= 0.6 is 0 Å². The first-order valence-electron chi connectivity index (χ1n) is 6.81. The zero-order valence-electron chi connectivity index (χ0n) is 11.1. The summed E-state index contributed by atoms with van der Waals surface area (Å²) in [6, 6.07) is 0. The Morgan fingerprint density at radius 1 is 1.05 bits per heavy atom. The number of aliphatic hydroxyl groups excluding tert-OH is 5. The molecule has 2 heterocycles. The number of aryl methyl sites for hydroxylation is 2. The number of fused-ring (bicyclic) bond motifs is 1. The van der Waals surface area contributed by atoms with E-state index in [0.717, 1.165) is 31.5 Å². The van der Waals surface area contributed by atoms with Crippen molar-refractivity contribution < 1.29 is 25.5 Å². The summed E-state index contributed by atoms with van der Waals surface area (Å²) in [6.07, 6.45) is -2.51. The highest BCUT2D eigenvalue weighted by molar-refractivity contribution is 5.01. The second-order valence-electron chi connectivity index (χ2n) is 5.10. The smallest absolute Gasteiger partial charge is 0.182 e. The number of rotatable bonds is 5.